The number of guanidine groups is 1. The molecule has 27 heavy (non-hydrogen) atoms. The molecule has 1 heterocycles. The second-order valence-corrected chi connectivity index (χ2v) is 6.99. The Balaban J connectivity index is 0.00000364. The van der Waals surface area contributed by atoms with Gasteiger partial charge in [0.2, 0.25) is 0 Å². The number of aromatic nitrogens is 1. The molecule has 2 rings (SSSR count). The minimum atomic E-state index is 0. The van der Waals surface area contributed by atoms with Gasteiger partial charge in [0, 0.05) is 23.6 Å². The lowest BCUT2D eigenvalue weighted by Crippen LogP contribution is -2.36. The van der Waals surface area contributed by atoms with Gasteiger partial charge < -0.3 is 20.1 Å². The van der Waals surface area contributed by atoms with Gasteiger partial charge in [-0.2, -0.15) is 0 Å². The van der Waals surface area contributed by atoms with Crippen molar-refractivity contribution in [2.45, 2.75) is 39.8 Å². The zero-order valence-electron chi connectivity index (χ0n) is 16.5. The standard InChI is InChI=1S/C19H28N4O2S.HI/c1-6-20-19(22-11-18-23-16(12-26-18)13(2)3)21-10-14-7-8-15(24-4)9-17(14)25-5;/h7-9,12-13H,6,10-11H2,1-5H3,(H2,20,21,22);1H. The fraction of sp³-hybridized carbons (Fsp3) is 0.474. The molecular formula is C19H29IN4O2S. The highest BCUT2D eigenvalue weighted by Gasteiger charge is 2.08. The number of nitrogens with zero attached hydrogens (tertiary/aromatic N) is 2. The van der Waals surface area contributed by atoms with E-state index in [2.05, 4.69) is 39.8 Å². The van der Waals surface area contributed by atoms with Crippen LogP contribution in [0.15, 0.2) is 28.6 Å². The Labute approximate surface area is 182 Å². The number of benzene rings is 1. The smallest absolute Gasteiger partial charge is 0.191 e. The van der Waals surface area contributed by atoms with Crippen molar-refractivity contribution in [1.29, 1.82) is 0 Å². The minimum absolute atomic E-state index is 0. The van der Waals surface area contributed by atoms with Crippen molar-refractivity contribution in [3.05, 3.63) is 39.8 Å². The zero-order chi connectivity index (χ0) is 18.9. The Kier molecular flexibility index (Phi) is 10.5. The SMILES string of the molecule is CCNC(=NCc1ccc(OC)cc1OC)NCc1nc(C(C)C)cs1.I. The minimum Gasteiger partial charge on any atom is -0.497 e. The maximum atomic E-state index is 5.44. The van der Waals surface area contributed by atoms with Crippen LogP contribution in [0.5, 0.6) is 11.5 Å². The summed E-state index contributed by atoms with van der Waals surface area (Å²) in [6.07, 6.45) is 0. The summed E-state index contributed by atoms with van der Waals surface area (Å²) in [5.74, 6) is 2.74. The number of nitrogens with one attached hydrogen (secondary N) is 2. The topological polar surface area (TPSA) is 67.8 Å². The predicted octanol–water partition coefficient (Wildman–Crippen LogP) is 4.16. The van der Waals surface area contributed by atoms with Crippen LogP contribution in [0.3, 0.4) is 0 Å². The van der Waals surface area contributed by atoms with E-state index in [1.807, 2.05) is 25.1 Å². The molecule has 0 spiro atoms. The summed E-state index contributed by atoms with van der Waals surface area (Å²) in [4.78, 5) is 9.30. The molecule has 0 amide bonds. The van der Waals surface area contributed by atoms with Gasteiger partial charge >= 0.3 is 0 Å². The maximum absolute atomic E-state index is 5.44. The van der Waals surface area contributed by atoms with Crippen LogP contribution in [0.2, 0.25) is 0 Å². The summed E-state index contributed by atoms with van der Waals surface area (Å²) in [6.45, 7) is 8.31. The quantitative estimate of drug-likeness (QED) is 0.321. The monoisotopic (exact) mass is 504 g/mol. The summed E-state index contributed by atoms with van der Waals surface area (Å²) >= 11 is 1.67. The third-order valence-electron chi connectivity index (χ3n) is 3.81. The number of aliphatic imine (C=N–C) groups is 1. The van der Waals surface area contributed by atoms with E-state index in [-0.39, 0.29) is 24.0 Å². The van der Waals surface area contributed by atoms with Gasteiger partial charge in [-0.1, -0.05) is 13.8 Å². The summed E-state index contributed by atoms with van der Waals surface area (Å²) in [6, 6.07) is 5.76. The molecule has 0 fully saturated rings. The average Bonchev–Trinajstić information content (AvgIpc) is 3.13. The van der Waals surface area contributed by atoms with Crippen LogP contribution in [0, 0.1) is 0 Å². The van der Waals surface area contributed by atoms with Crippen LogP contribution in [0.25, 0.3) is 0 Å². The number of methoxy groups -OCH3 is 2. The molecule has 1 aromatic heterocycles. The Morgan fingerprint density at radius 1 is 1.22 bits per heavy atom. The number of ether oxygens (including phenoxy) is 2. The molecule has 150 valence electrons. The lowest BCUT2D eigenvalue weighted by Gasteiger charge is -2.12. The molecule has 0 atom stereocenters. The van der Waals surface area contributed by atoms with Crippen LogP contribution in [-0.4, -0.2) is 31.7 Å². The Hall–Kier alpha value is -1.55. The molecule has 0 radical (unpaired) electrons. The molecule has 0 aliphatic rings. The lowest BCUT2D eigenvalue weighted by atomic mass is 10.2. The van der Waals surface area contributed by atoms with Crippen molar-refractivity contribution in [3.63, 3.8) is 0 Å². The third kappa shape index (κ3) is 7.17. The van der Waals surface area contributed by atoms with Crippen molar-refractivity contribution in [3.8, 4) is 11.5 Å². The largest absolute Gasteiger partial charge is 0.497 e. The van der Waals surface area contributed by atoms with Gasteiger partial charge in [0.25, 0.3) is 0 Å². The highest BCUT2D eigenvalue weighted by atomic mass is 127. The van der Waals surface area contributed by atoms with Crippen LogP contribution >= 0.6 is 35.3 Å². The first-order valence-electron chi connectivity index (χ1n) is 8.74. The molecule has 6 nitrogen and oxygen atoms in total. The Morgan fingerprint density at radius 2 is 2.00 bits per heavy atom. The van der Waals surface area contributed by atoms with Crippen molar-refractivity contribution in [1.82, 2.24) is 15.6 Å². The number of hydrogen-bond donors (Lipinski definition) is 2. The van der Waals surface area contributed by atoms with Gasteiger partial charge in [0.1, 0.15) is 16.5 Å². The third-order valence-corrected chi connectivity index (χ3v) is 4.68. The van der Waals surface area contributed by atoms with Gasteiger partial charge in [0.05, 0.1) is 33.0 Å². The zero-order valence-corrected chi connectivity index (χ0v) is 19.7. The van der Waals surface area contributed by atoms with Crippen LogP contribution in [0.4, 0.5) is 0 Å². The normalized spacial score (nSPS) is 11.1. The van der Waals surface area contributed by atoms with E-state index in [9.17, 15) is 0 Å². The second kappa shape index (κ2) is 12.0. The van der Waals surface area contributed by atoms with Crippen LogP contribution < -0.4 is 20.1 Å². The van der Waals surface area contributed by atoms with Gasteiger partial charge in [-0.3, -0.25) is 0 Å². The molecule has 0 unspecified atom stereocenters. The molecule has 0 aliphatic heterocycles. The van der Waals surface area contributed by atoms with E-state index in [0.29, 0.717) is 19.0 Å². The number of hydrogen-bond acceptors (Lipinski definition) is 5. The van der Waals surface area contributed by atoms with Gasteiger partial charge in [-0.15, -0.1) is 35.3 Å². The molecule has 0 aliphatic carbocycles. The van der Waals surface area contributed by atoms with E-state index in [0.717, 1.165) is 40.3 Å². The fourth-order valence-electron chi connectivity index (χ4n) is 2.32. The molecule has 2 N–H and O–H groups in total. The fourth-order valence-corrected chi connectivity index (χ4v) is 3.21. The van der Waals surface area contributed by atoms with E-state index in [4.69, 9.17) is 9.47 Å². The molecule has 0 bridgehead atoms. The van der Waals surface area contributed by atoms with Crippen molar-refractivity contribution in [2.75, 3.05) is 20.8 Å². The highest BCUT2D eigenvalue weighted by molar-refractivity contribution is 14.0. The summed E-state index contributed by atoms with van der Waals surface area (Å²) < 4.78 is 10.7. The molecule has 8 heteroatoms. The maximum Gasteiger partial charge on any atom is 0.191 e. The first-order chi connectivity index (χ1) is 12.6. The predicted molar refractivity (Wildman–Crippen MR) is 123 cm³/mol. The van der Waals surface area contributed by atoms with Crippen molar-refractivity contribution >= 4 is 41.3 Å². The first kappa shape index (κ1) is 23.5. The highest BCUT2D eigenvalue weighted by Crippen LogP contribution is 2.25. The number of thiazole rings is 1. The molecule has 0 saturated heterocycles. The molecule has 1 aromatic carbocycles. The Bertz CT molecular complexity index is 734. The summed E-state index contributed by atoms with van der Waals surface area (Å²) in [5, 5.41) is 9.78. The molecule has 2 aromatic rings. The van der Waals surface area contributed by atoms with Gasteiger partial charge in [-0.25, -0.2) is 9.98 Å². The first-order valence-corrected chi connectivity index (χ1v) is 9.62. The molecular weight excluding hydrogens is 475 g/mol. The number of rotatable bonds is 8. The second-order valence-electron chi connectivity index (χ2n) is 6.05. The van der Waals surface area contributed by atoms with Gasteiger partial charge in [0.15, 0.2) is 5.96 Å². The average molecular weight is 504 g/mol. The van der Waals surface area contributed by atoms with E-state index < -0.39 is 0 Å². The van der Waals surface area contributed by atoms with Crippen LogP contribution in [0.1, 0.15) is 43.0 Å². The van der Waals surface area contributed by atoms with Crippen molar-refractivity contribution < 1.29 is 9.47 Å². The van der Waals surface area contributed by atoms with Crippen LogP contribution in [-0.2, 0) is 13.1 Å². The summed E-state index contributed by atoms with van der Waals surface area (Å²) in [5.41, 5.74) is 2.14. The number of halogens is 1. The molecule has 0 saturated carbocycles. The van der Waals surface area contributed by atoms with Crippen molar-refractivity contribution in [2.24, 2.45) is 4.99 Å². The lowest BCUT2D eigenvalue weighted by molar-refractivity contribution is 0.391. The van der Waals surface area contributed by atoms with E-state index >= 15 is 0 Å². The Morgan fingerprint density at radius 3 is 2.59 bits per heavy atom. The summed E-state index contributed by atoms with van der Waals surface area (Å²) in [7, 11) is 3.29. The van der Waals surface area contributed by atoms with E-state index in [1.54, 1.807) is 25.6 Å². The van der Waals surface area contributed by atoms with E-state index in [1.165, 1.54) is 0 Å². The van der Waals surface area contributed by atoms with Gasteiger partial charge in [-0.05, 0) is 25.0 Å².